The Morgan fingerprint density at radius 1 is 1.19 bits per heavy atom. The first kappa shape index (κ1) is 24.3. The van der Waals surface area contributed by atoms with Crippen LogP contribution < -0.4 is 16.0 Å². The molecule has 1 aliphatic rings. The van der Waals surface area contributed by atoms with Gasteiger partial charge in [0.15, 0.2) is 5.96 Å². The summed E-state index contributed by atoms with van der Waals surface area (Å²) in [6.07, 6.45) is 0.837. The van der Waals surface area contributed by atoms with Crippen LogP contribution in [0.5, 0.6) is 0 Å². The van der Waals surface area contributed by atoms with Gasteiger partial charge in [0.05, 0.1) is 13.2 Å². The van der Waals surface area contributed by atoms with Crippen LogP contribution in [0.2, 0.25) is 0 Å². The number of benzene rings is 1. The van der Waals surface area contributed by atoms with Crippen molar-refractivity contribution in [3.8, 4) is 0 Å². The number of carbonyl (C=O) groups is 2. The highest BCUT2D eigenvalue weighted by Gasteiger charge is 2.24. The summed E-state index contributed by atoms with van der Waals surface area (Å²) in [6.45, 7) is 7.20. The van der Waals surface area contributed by atoms with E-state index in [-0.39, 0.29) is 18.2 Å². The molecular formula is C22H35N5O4. The van der Waals surface area contributed by atoms with Gasteiger partial charge in [-0.2, -0.15) is 0 Å². The van der Waals surface area contributed by atoms with Gasteiger partial charge in [0.1, 0.15) is 5.60 Å². The number of nitrogens with zero attached hydrogens (tertiary/aromatic N) is 2. The molecule has 1 atom stereocenters. The highest BCUT2D eigenvalue weighted by molar-refractivity contribution is 5.80. The summed E-state index contributed by atoms with van der Waals surface area (Å²) in [4.78, 5) is 30.0. The summed E-state index contributed by atoms with van der Waals surface area (Å²) in [5.74, 6) is 0.642. The first-order valence-electron chi connectivity index (χ1n) is 10.6. The van der Waals surface area contributed by atoms with E-state index in [1.807, 2.05) is 51.1 Å². The number of rotatable bonds is 5. The Morgan fingerprint density at radius 3 is 2.39 bits per heavy atom. The second-order valence-electron chi connectivity index (χ2n) is 8.44. The van der Waals surface area contributed by atoms with Crippen molar-refractivity contribution in [2.75, 3.05) is 33.8 Å². The molecule has 1 saturated heterocycles. The van der Waals surface area contributed by atoms with Crippen molar-refractivity contribution in [1.82, 2.24) is 20.9 Å². The normalized spacial score (nSPS) is 16.3. The number of hydrogen-bond donors (Lipinski definition) is 3. The Morgan fingerprint density at radius 2 is 1.84 bits per heavy atom. The molecule has 1 aliphatic heterocycles. The number of methoxy groups -OCH3 is 1. The zero-order valence-corrected chi connectivity index (χ0v) is 19.1. The maximum atomic E-state index is 12.3. The fourth-order valence-electron chi connectivity index (χ4n) is 3.31. The van der Waals surface area contributed by atoms with E-state index < -0.39 is 11.7 Å². The van der Waals surface area contributed by atoms with E-state index in [0.29, 0.717) is 25.6 Å². The third-order valence-electron chi connectivity index (χ3n) is 4.86. The lowest BCUT2D eigenvalue weighted by Gasteiger charge is -2.32. The predicted molar refractivity (Wildman–Crippen MR) is 120 cm³/mol. The van der Waals surface area contributed by atoms with Crippen molar-refractivity contribution in [2.45, 2.75) is 51.3 Å². The smallest absolute Gasteiger partial charge is 0.409 e. The van der Waals surface area contributed by atoms with Gasteiger partial charge in [0.2, 0.25) is 0 Å². The molecule has 9 heteroatoms. The standard InChI is InChI=1S/C22H35N5O4/c1-22(2,3)31-20(28)26-18(16-9-7-6-8-10-16)15-24-19(23-4)25-17-11-13-27(14-12-17)21(29)30-5/h6-10,17-18H,11-15H2,1-5H3,(H,26,28)(H2,23,24,25). The predicted octanol–water partition coefficient (Wildman–Crippen LogP) is 2.65. The van der Waals surface area contributed by atoms with Crippen LogP contribution in [0.4, 0.5) is 9.59 Å². The third kappa shape index (κ3) is 8.35. The number of carbonyl (C=O) groups excluding carboxylic acids is 2. The molecule has 0 spiro atoms. The van der Waals surface area contributed by atoms with Crippen LogP contribution in [-0.2, 0) is 9.47 Å². The molecule has 0 saturated carbocycles. The SMILES string of the molecule is CN=C(NCC(NC(=O)OC(C)(C)C)c1ccccc1)NC1CCN(C(=O)OC)CC1. The van der Waals surface area contributed by atoms with Crippen LogP contribution in [0.25, 0.3) is 0 Å². The Hall–Kier alpha value is -2.97. The van der Waals surface area contributed by atoms with Gasteiger partial charge in [-0.3, -0.25) is 4.99 Å². The van der Waals surface area contributed by atoms with Crippen molar-refractivity contribution in [2.24, 2.45) is 4.99 Å². The van der Waals surface area contributed by atoms with Crippen LogP contribution in [-0.4, -0.2) is 68.5 Å². The van der Waals surface area contributed by atoms with Crippen molar-refractivity contribution in [3.63, 3.8) is 0 Å². The lowest BCUT2D eigenvalue weighted by Crippen LogP contribution is -2.51. The first-order valence-corrected chi connectivity index (χ1v) is 10.6. The number of guanidine groups is 1. The summed E-state index contributed by atoms with van der Waals surface area (Å²) in [6, 6.07) is 9.62. The van der Waals surface area contributed by atoms with Crippen LogP contribution >= 0.6 is 0 Å². The monoisotopic (exact) mass is 433 g/mol. The van der Waals surface area contributed by atoms with Gasteiger partial charge in [-0.25, -0.2) is 9.59 Å². The van der Waals surface area contributed by atoms with Gasteiger partial charge >= 0.3 is 12.2 Å². The number of hydrogen-bond acceptors (Lipinski definition) is 5. The Bertz CT molecular complexity index is 740. The molecule has 0 aromatic heterocycles. The summed E-state index contributed by atoms with van der Waals surface area (Å²) < 4.78 is 10.2. The number of ether oxygens (including phenoxy) is 2. The van der Waals surface area contributed by atoms with Gasteiger partial charge in [0.25, 0.3) is 0 Å². The molecular weight excluding hydrogens is 398 g/mol. The highest BCUT2D eigenvalue weighted by atomic mass is 16.6. The molecule has 0 aliphatic carbocycles. The van der Waals surface area contributed by atoms with E-state index >= 15 is 0 Å². The zero-order valence-electron chi connectivity index (χ0n) is 19.1. The number of piperidine rings is 1. The maximum Gasteiger partial charge on any atom is 0.409 e. The van der Waals surface area contributed by atoms with Gasteiger partial charge < -0.3 is 30.3 Å². The number of amides is 2. The lowest BCUT2D eigenvalue weighted by atomic mass is 10.1. The molecule has 9 nitrogen and oxygen atoms in total. The Kier molecular flexibility index (Phi) is 8.96. The molecule has 0 bridgehead atoms. The number of aliphatic imine (C=N–C) groups is 1. The molecule has 2 amide bonds. The largest absolute Gasteiger partial charge is 0.453 e. The number of likely N-dealkylation sites (tertiary alicyclic amines) is 1. The average Bonchev–Trinajstić information content (AvgIpc) is 2.74. The summed E-state index contributed by atoms with van der Waals surface area (Å²) in [5, 5.41) is 9.62. The van der Waals surface area contributed by atoms with Crippen molar-refractivity contribution in [1.29, 1.82) is 0 Å². The quantitative estimate of drug-likeness (QED) is 0.487. The fraction of sp³-hybridized carbons (Fsp3) is 0.591. The minimum Gasteiger partial charge on any atom is -0.453 e. The van der Waals surface area contributed by atoms with Crippen molar-refractivity contribution in [3.05, 3.63) is 35.9 Å². The average molecular weight is 434 g/mol. The van der Waals surface area contributed by atoms with Crippen LogP contribution in [0.15, 0.2) is 35.3 Å². The molecule has 2 rings (SSSR count). The number of nitrogens with one attached hydrogen (secondary N) is 3. The van der Waals surface area contributed by atoms with Crippen LogP contribution in [0.3, 0.4) is 0 Å². The van der Waals surface area contributed by atoms with Crippen LogP contribution in [0, 0.1) is 0 Å². The molecule has 3 N–H and O–H groups in total. The summed E-state index contributed by atoms with van der Waals surface area (Å²) in [5.41, 5.74) is 0.387. The van der Waals surface area contributed by atoms with Gasteiger partial charge in [-0.05, 0) is 39.2 Å². The molecule has 1 fully saturated rings. The van der Waals surface area contributed by atoms with Gasteiger partial charge in [0, 0.05) is 32.7 Å². The fourth-order valence-corrected chi connectivity index (χ4v) is 3.31. The lowest BCUT2D eigenvalue weighted by molar-refractivity contribution is 0.0504. The highest BCUT2D eigenvalue weighted by Crippen LogP contribution is 2.15. The van der Waals surface area contributed by atoms with E-state index in [2.05, 4.69) is 20.9 Å². The van der Waals surface area contributed by atoms with Crippen LogP contribution in [0.1, 0.15) is 45.2 Å². The molecule has 1 unspecified atom stereocenters. The van der Waals surface area contributed by atoms with Crippen molar-refractivity contribution < 1.29 is 19.1 Å². The molecule has 31 heavy (non-hydrogen) atoms. The Balaban J connectivity index is 1.93. The summed E-state index contributed by atoms with van der Waals surface area (Å²) >= 11 is 0. The van der Waals surface area contributed by atoms with E-state index in [4.69, 9.17) is 9.47 Å². The second-order valence-corrected chi connectivity index (χ2v) is 8.44. The van der Waals surface area contributed by atoms with Crippen molar-refractivity contribution >= 4 is 18.1 Å². The molecule has 1 aromatic carbocycles. The first-order chi connectivity index (χ1) is 14.7. The molecule has 1 heterocycles. The third-order valence-corrected chi connectivity index (χ3v) is 4.86. The summed E-state index contributed by atoms with van der Waals surface area (Å²) in [7, 11) is 3.10. The van der Waals surface area contributed by atoms with E-state index in [9.17, 15) is 9.59 Å². The topological polar surface area (TPSA) is 104 Å². The minimum atomic E-state index is -0.574. The second kappa shape index (κ2) is 11.4. The molecule has 172 valence electrons. The van der Waals surface area contributed by atoms with Gasteiger partial charge in [-0.15, -0.1) is 0 Å². The number of alkyl carbamates (subject to hydrolysis) is 1. The Labute approximate surface area is 184 Å². The maximum absolute atomic E-state index is 12.3. The minimum absolute atomic E-state index is 0.195. The van der Waals surface area contributed by atoms with E-state index in [0.717, 1.165) is 18.4 Å². The zero-order chi connectivity index (χ0) is 22.9. The van der Waals surface area contributed by atoms with E-state index in [1.165, 1.54) is 7.11 Å². The van der Waals surface area contributed by atoms with E-state index in [1.54, 1.807) is 11.9 Å². The van der Waals surface area contributed by atoms with Gasteiger partial charge in [-0.1, -0.05) is 30.3 Å². The molecule has 1 aromatic rings. The molecule has 0 radical (unpaired) electrons.